The Morgan fingerprint density at radius 3 is 3.00 bits per heavy atom. The van der Waals surface area contributed by atoms with Crippen molar-refractivity contribution in [3.05, 3.63) is 0 Å². The van der Waals surface area contributed by atoms with Crippen LogP contribution in [0.2, 0.25) is 0 Å². The molecule has 1 amide bonds. The molecule has 0 heterocycles. The summed E-state index contributed by atoms with van der Waals surface area (Å²) in [7, 11) is 1.20. The Balaban J connectivity index is 3.27. The third kappa shape index (κ3) is 5.86. The Labute approximate surface area is 70.0 Å². The van der Waals surface area contributed by atoms with E-state index in [-0.39, 0.29) is 5.91 Å². The van der Waals surface area contributed by atoms with Crippen molar-refractivity contribution in [1.82, 2.24) is 5.32 Å². The Morgan fingerprint density at radius 2 is 2.50 bits per heavy atom. The fraction of sp³-hybridized carbons (Fsp3) is 0.500. The first-order chi connectivity index (χ1) is 4.81. The largest absolute Gasteiger partial charge is 0.344 e. The summed E-state index contributed by atoms with van der Waals surface area (Å²) >= 11 is 3.82. The summed E-state index contributed by atoms with van der Waals surface area (Å²) in [5.41, 5.74) is 0. The van der Waals surface area contributed by atoms with Crippen LogP contribution in [-0.2, 0) is 4.79 Å². The van der Waals surface area contributed by atoms with Crippen LogP contribution < -0.4 is 5.32 Å². The molecule has 0 aliphatic rings. The lowest BCUT2D eigenvalue weighted by Gasteiger charge is -1.95. The van der Waals surface area contributed by atoms with Crippen molar-refractivity contribution in [3.63, 3.8) is 0 Å². The summed E-state index contributed by atoms with van der Waals surface area (Å²) in [6.07, 6.45) is 0. The van der Waals surface area contributed by atoms with Crippen molar-refractivity contribution in [2.45, 2.75) is 6.92 Å². The van der Waals surface area contributed by atoms with Gasteiger partial charge in [-0.05, 0) is 6.92 Å². The lowest BCUT2D eigenvalue weighted by Crippen LogP contribution is -2.24. The van der Waals surface area contributed by atoms with Crippen LogP contribution in [0.1, 0.15) is 6.92 Å². The van der Waals surface area contributed by atoms with E-state index in [2.05, 4.69) is 28.8 Å². The quantitative estimate of drug-likeness (QED) is 0.376. The molecule has 56 valence electrons. The molecule has 0 saturated carbocycles. The van der Waals surface area contributed by atoms with Crippen LogP contribution >= 0.6 is 22.5 Å². The molecule has 10 heavy (non-hydrogen) atoms. The van der Waals surface area contributed by atoms with Crippen molar-refractivity contribution in [2.75, 3.05) is 12.3 Å². The summed E-state index contributed by atoms with van der Waals surface area (Å²) in [6, 6.07) is 0. The maximum atomic E-state index is 10.7. The van der Waals surface area contributed by atoms with Gasteiger partial charge in [-0.1, -0.05) is 16.7 Å². The molecule has 0 aromatic heterocycles. The first kappa shape index (κ1) is 9.73. The number of thiol groups is 1. The van der Waals surface area contributed by atoms with Crippen LogP contribution in [-0.4, -0.2) is 18.2 Å². The molecule has 0 fully saturated rings. The van der Waals surface area contributed by atoms with Gasteiger partial charge in [0.05, 0.1) is 12.3 Å². The molecule has 0 aliphatic heterocycles. The molecule has 0 radical (unpaired) electrons. The molecule has 0 rings (SSSR count). The average Bonchev–Trinajstić information content (AvgIpc) is 1.89. The van der Waals surface area contributed by atoms with Crippen molar-refractivity contribution in [3.8, 4) is 11.8 Å². The smallest absolute Gasteiger partial charge is 0.231 e. The van der Waals surface area contributed by atoms with E-state index in [0.29, 0.717) is 12.3 Å². The summed E-state index contributed by atoms with van der Waals surface area (Å²) in [5.74, 6) is 5.75. The summed E-state index contributed by atoms with van der Waals surface area (Å²) in [4.78, 5) is 10.7. The van der Waals surface area contributed by atoms with Gasteiger partial charge >= 0.3 is 0 Å². The number of carbonyl (C=O) groups excluding carboxylic acids is 1. The zero-order chi connectivity index (χ0) is 7.82. The molecule has 0 aliphatic carbocycles. The molecule has 4 heteroatoms. The minimum absolute atomic E-state index is 0.0252. The zero-order valence-corrected chi connectivity index (χ0v) is 7.39. The highest BCUT2D eigenvalue weighted by Gasteiger charge is 1.95. The lowest BCUT2D eigenvalue weighted by molar-refractivity contribution is -0.118. The van der Waals surface area contributed by atoms with E-state index in [1.807, 2.05) is 0 Å². The van der Waals surface area contributed by atoms with Gasteiger partial charge in [0.1, 0.15) is 0 Å². The van der Waals surface area contributed by atoms with Crippen LogP contribution in [0.3, 0.4) is 0 Å². The van der Waals surface area contributed by atoms with Crippen molar-refractivity contribution < 1.29 is 4.79 Å². The van der Waals surface area contributed by atoms with Gasteiger partial charge in [-0.2, -0.15) is 0 Å². The normalized spacial score (nSPS) is 7.80. The fourth-order valence-electron chi connectivity index (χ4n) is 0.341. The molecule has 0 atom stereocenters. The molecular formula is C6H9NOS2. The van der Waals surface area contributed by atoms with Crippen LogP contribution in [0.15, 0.2) is 0 Å². The van der Waals surface area contributed by atoms with E-state index in [1.165, 1.54) is 10.8 Å². The van der Waals surface area contributed by atoms with Crippen LogP contribution in [0.5, 0.6) is 0 Å². The first-order valence-electron chi connectivity index (χ1n) is 2.74. The second kappa shape index (κ2) is 6.84. The topological polar surface area (TPSA) is 29.1 Å². The Morgan fingerprint density at radius 1 is 1.80 bits per heavy atom. The van der Waals surface area contributed by atoms with Gasteiger partial charge in [0.25, 0.3) is 0 Å². The highest BCUT2D eigenvalue weighted by Crippen LogP contribution is 2.01. The molecule has 0 aromatic rings. The average molecular weight is 175 g/mol. The van der Waals surface area contributed by atoms with E-state index in [0.717, 1.165) is 0 Å². The third-order valence-corrected chi connectivity index (χ3v) is 1.52. The molecular weight excluding hydrogens is 166 g/mol. The van der Waals surface area contributed by atoms with Gasteiger partial charge in [0, 0.05) is 0 Å². The Kier molecular flexibility index (Phi) is 6.66. The van der Waals surface area contributed by atoms with Crippen molar-refractivity contribution in [1.29, 1.82) is 0 Å². The second-order valence-electron chi connectivity index (χ2n) is 1.48. The van der Waals surface area contributed by atoms with Crippen molar-refractivity contribution >= 4 is 28.4 Å². The van der Waals surface area contributed by atoms with E-state index < -0.39 is 0 Å². The highest BCUT2D eigenvalue weighted by atomic mass is 33.1. The second-order valence-corrected chi connectivity index (χ2v) is 2.80. The summed E-state index contributed by atoms with van der Waals surface area (Å²) in [6.45, 7) is 2.17. The molecule has 0 saturated heterocycles. The number of hydrogen-bond acceptors (Lipinski definition) is 3. The molecule has 1 N–H and O–H groups in total. The van der Waals surface area contributed by atoms with Crippen LogP contribution in [0.25, 0.3) is 0 Å². The standard InChI is InChI=1S/C6H9NOS2/c1-2-3-4-7-6(8)5-10-9/h9H,4-5H2,1H3,(H,7,8). The molecule has 0 aromatic carbocycles. The van der Waals surface area contributed by atoms with Crippen molar-refractivity contribution in [2.24, 2.45) is 0 Å². The fourth-order valence-corrected chi connectivity index (χ4v) is 0.912. The molecule has 0 spiro atoms. The van der Waals surface area contributed by atoms with Gasteiger partial charge in [-0.25, -0.2) is 0 Å². The van der Waals surface area contributed by atoms with E-state index >= 15 is 0 Å². The number of rotatable bonds is 3. The minimum atomic E-state index is -0.0252. The van der Waals surface area contributed by atoms with Crippen LogP contribution in [0, 0.1) is 11.8 Å². The maximum Gasteiger partial charge on any atom is 0.231 e. The minimum Gasteiger partial charge on any atom is -0.344 e. The van der Waals surface area contributed by atoms with Gasteiger partial charge < -0.3 is 5.32 Å². The first-order valence-corrected chi connectivity index (χ1v) is 4.77. The highest BCUT2D eigenvalue weighted by molar-refractivity contribution is 8.68. The van der Waals surface area contributed by atoms with E-state index in [1.54, 1.807) is 6.92 Å². The van der Waals surface area contributed by atoms with E-state index in [9.17, 15) is 4.79 Å². The number of hydrogen-bond donors (Lipinski definition) is 2. The molecule has 0 bridgehead atoms. The lowest BCUT2D eigenvalue weighted by atomic mass is 10.5. The number of carbonyl (C=O) groups is 1. The predicted molar refractivity (Wildman–Crippen MR) is 47.9 cm³/mol. The summed E-state index contributed by atoms with van der Waals surface area (Å²) in [5, 5.41) is 2.60. The third-order valence-electron chi connectivity index (χ3n) is 0.746. The van der Waals surface area contributed by atoms with Gasteiger partial charge in [0.2, 0.25) is 5.91 Å². The van der Waals surface area contributed by atoms with E-state index in [4.69, 9.17) is 0 Å². The molecule has 0 unspecified atom stereocenters. The Hall–Kier alpha value is -0.270. The zero-order valence-electron chi connectivity index (χ0n) is 5.68. The predicted octanol–water partition coefficient (Wildman–Crippen LogP) is 0.704. The molecule has 2 nitrogen and oxygen atoms in total. The maximum absolute atomic E-state index is 10.7. The van der Waals surface area contributed by atoms with Crippen LogP contribution in [0.4, 0.5) is 0 Å². The van der Waals surface area contributed by atoms with Gasteiger partial charge in [0.15, 0.2) is 0 Å². The summed E-state index contributed by atoms with van der Waals surface area (Å²) < 4.78 is 0. The number of nitrogens with one attached hydrogen (secondary N) is 1. The Bertz CT molecular complexity index is 159. The van der Waals surface area contributed by atoms with Gasteiger partial charge in [-0.15, -0.1) is 17.6 Å². The SMILES string of the molecule is CC#CCNC(=O)CSS. The van der Waals surface area contributed by atoms with Gasteiger partial charge in [-0.3, -0.25) is 4.79 Å². The monoisotopic (exact) mass is 175 g/mol. The number of amides is 1.